The lowest BCUT2D eigenvalue weighted by molar-refractivity contribution is 0.0784. The number of aryl methyl sites for hydroxylation is 3. The topological polar surface area (TPSA) is 317 Å². The number of ether oxygens (including phenoxy) is 6. The number of aromatic nitrogens is 2. The van der Waals surface area contributed by atoms with Gasteiger partial charge < -0.3 is 55.0 Å². The molecule has 1 amide bonds. The first-order chi connectivity index (χ1) is 50.5. The zero-order chi connectivity index (χ0) is 76.1. The van der Waals surface area contributed by atoms with Crippen LogP contribution in [0.4, 0.5) is 11.4 Å². The minimum Gasteiger partial charge on any atom is -0.494 e. The summed E-state index contributed by atoms with van der Waals surface area (Å²) in [5.41, 5.74) is 15.5. The number of aliphatic hydroxyl groups excluding tert-OH is 1. The van der Waals surface area contributed by atoms with E-state index in [2.05, 4.69) is 16.0 Å². The highest BCUT2D eigenvalue weighted by molar-refractivity contribution is 8.13. The molecule has 22 nitrogen and oxygen atoms in total. The van der Waals surface area contributed by atoms with Gasteiger partial charge in [-0.25, -0.2) is 13.4 Å². The van der Waals surface area contributed by atoms with Gasteiger partial charge in [0.05, 0.1) is 71.0 Å². The second-order valence-corrected chi connectivity index (χ2v) is 31.0. The van der Waals surface area contributed by atoms with Crippen LogP contribution in [-0.4, -0.2) is 122 Å². The number of para-hydroxylation sites is 3. The van der Waals surface area contributed by atoms with Gasteiger partial charge in [0.25, 0.3) is 30.6 Å². The number of hydrogen-bond acceptors (Lipinski definition) is 19. The van der Waals surface area contributed by atoms with Crippen LogP contribution in [0, 0.1) is 54.8 Å². The predicted octanol–water partition coefficient (Wildman–Crippen LogP) is 15.6. The second-order valence-electron chi connectivity index (χ2n) is 26.8. The van der Waals surface area contributed by atoms with Gasteiger partial charge in [-0.3, -0.25) is 18.3 Å². The van der Waals surface area contributed by atoms with Gasteiger partial charge in [-0.2, -0.15) is 18.7 Å². The molecular formula is C81H108ClN7O15S2. The summed E-state index contributed by atoms with van der Waals surface area (Å²) in [6, 6.07) is 41.5. The van der Waals surface area contributed by atoms with Gasteiger partial charge in [0, 0.05) is 55.6 Å². The molecule has 2 heterocycles. The Kier molecular flexibility index (Phi) is 35.0. The number of benzene rings is 6. The van der Waals surface area contributed by atoms with E-state index in [0.29, 0.717) is 108 Å². The molecule has 1 saturated heterocycles. The summed E-state index contributed by atoms with van der Waals surface area (Å²) in [5, 5.41) is 27.2. The number of rotatable bonds is 26. The highest BCUT2D eigenvalue weighted by Gasteiger charge is 2.35. The number of nitrogens with zero attached hydrogens (tertiary/aromatic N) is 5. The normalized spacial score (nSPS) is 15.6. The van der Waals surface area contributed by atoms with Crippen molar-refractivity contribution in [3.8, 4) is 52.1 Å². The van der Waals surface area contributed by atoms with Crippen LogP contribution in [0.3, 0.4) is 0 Å². The third kappa shape index (κ3) is 28.1. The third-order valence-electron chi connectivity index (χ3n) is 18.5. The average Bonchev–Trinajstić information content (AvgIpc) is 1.68. The smallest absolute Gasteiger partial charge is 0.296 e. The van der Waals surface area contributed by atoms with E-state index >= 15 is 0 Å². The maximum atomic E-state index is 14.0. The molecule has 6 aromatic carbocycles. The first kappa shape index (κ1) is 86.1. The number of aromatic hydroxyl groups is 1. The first-order valence-corrected chi connectivity index (χ1v) is 39.6. The molecule has 7 aromatic rings. The minimum absolute atomic E-state index is 0. The molecule has 5 aliphatic carbocycles. The number of nitrogens with two attached hydrogens (primary N) is 2. The van der Waals surface area contributed by atoms with Crippen molar-refractivity contribution in [1.29, 1.82) is 5.26 Å². The van der Waals surface area contributed by atoms with Crippen LogP contribution in [0.1, 0.15) is 162 Å². The van der Waals surface area contributed by atoms with Crippen molar-refractivity contribution in [2.75, 3.05) is 74.7 Å². The van der Waals surface area contributed by atoms with E-state index in [1.165, 1.54) is 82.3 Å². The summed E-state index contributed by atoms with van der Waals surface area (Å²) in [6.45, 7) is 5.47. The van der Waals surface area contributed by atoms with Crippen molar-refractivity contribution in [2.24, 2.45) is 40.3 Å². The molecule has 1 atom stereocenters. The zero-order valence-corrected chi connectivity index (χ0v) is 64.1. The molecule has 0 radical (unpaired) electrons. The van der Waals surface area contributed by atoms with Gasteiger partial charge in [0.15, 0.2) is 5.56 Å². The number of likely N-dealkylation sites (tertiary alicyclic amines) is 1. The fourth-order valence-electron chi connectivity index (χ4n) is 11.3. The molecule has 25 heteroatoms. The highest BCUT2D eigenvalue weighted by Crippen LogP contribution is 2.41. The molecule has 0 unspecified atom stereocenters. The molecule has 0 bridgehead atoms. The molecule has 1 aromatic heterocycles. The van der Waals surface area contributed by atoms with Crippen LogP contribution < -0.4 is 45.4 Å². The summed E-state index contributed by atoms with van der Waals surface area (Å²) in [6.07, 6.45) is 20.8. The van der Waals surface area contributed by atoms with E-state index in [4.69, 9.17) is 65.1 Å². The number of nitrogen functional groups attached to an aromatic ring is 1. The number of amidine groups is 1. The fraction of sp³-hybridized carbons (Fsp3) is 0.469. The molecule has 13 rings (SSSR count). The number of anilines is 1. The maximum Gasteiger partial charge on any atom is 0.296 e. The van der Waals surface area contributed by atoms with Crippen molar-refractivity contribution in [3.05, 3.63) is 172 Å². The average molecular weight is 1520 g/mol. The van der Waals surface area contributed by atoms with E-state index in [1.807, 2.05) is 68.4 Å². The summed E-state index contributed by atoms with van der Waals surface area (Å²) in [4.78, 5) is 38.4. The molecule has 576 valence electrons. The lowest BCUT2D eigenvalue weighted by Crippen LogP contribution is -2.37. The van der Waals surface area contributed by atoms with Crippen LogP contribution >= 0.6 is 10.7 Å². The maximum absolute atomic E-state index is 14.0. The number of nitriles is 1. The zero-order valence-electron chi connectivity index (χ0n) is 61.7. The van der Waals surface area contributed by atoms with Gasteiger partial charge in [0.2, 0.25) is 5.88 Å². The second kappa shape index (κ2) is 43.1. The molecular weight excluding hydrogens is 1410 g/mol. The van der Waals surface area contributed by atoms with E-state index in [-0.39, 0.29) is 28.7 Å². The summed E-state index contributed by atoms with van der Waals surface area (Å²) >= 11 is 0. The van der Waals surface area contributed by atoms with Crippen LogP contribution in [-0.2, 0) is 29.8 Å². The molecule has 106 heavy (non-hydrogen) atoms. The molecule has 5 saturated carbocycles. The van der Waals surface area contributed by atoms with Crippen molar-refractivity contribution in [1.82, 2.24) is 14.5 Å². The van der Waals surface area contributed by atoms with Crippen molar-refractivity contribution >= 4 is 53.0 Å². The summed E-state index contributed by atoms with van der Waals surface area (Å²) < 4.78 is 82.9. The van der Waals surface area contributed by atoms with Gasteiger partial charge in [-0.05, 0) is 148 Å². The van der Waals surface area contributed by atoms with Crippen molar-refractivity contribution < 1.29 is 64.4 Å². The predicted molar refractivity (Wildman–Crippen MR) is 417 cm³/mol. The van der Waals surface area contributed by atoms with E-state index in [9.17, 15) is 31.5 Å². The van der Waals surface area contributed by atoms with E-state index in [0.717, 1.165) is 98.7 Å². The number of halogens is 1. The Morgan fingerprint density at radius 2 is 1.07 bits per heavy atom. The Morgan fingerprint density at radius 3 is 1.53 bits per heavy atom. The Labute approximate surface area is 631 Å². The van der Waals surface area contributed by atoms with Gasteiger partial charge in [0.1, 0.15) is 57.4 Å². The number of carbonyl (C=O) groups excluding carboxylic acids is 1. The molecule has 6 N–H and O–H groups in total. The van der Waals surface area contributed by atoms with Gasteiger partial charge in [-0.15, -0.1) is 0 Å². The van der Waals surface area contributed by atoms with Crippen LogP contribution in [0.25, 0.3) is 5.69 Å². The Hall–Kier alpha value is -8.86. The van der Waals surface area contributed by atoms with Crippen LogP contribution in [0.2, 0.25) is 0 Å². The van der Waals surface area contributed by atoms with E-state index in [1.54, 1.807) is 100 Å². The van der Waals surface area contributed by atoms with Crippen LogP contribution in [0.5, 0.6) is 40.4 Å². The number of aliphatic imine (C=N–C) groups is 1. The van der Waals surface area contributed by atoms with Gasteiger partial charge >= 0.3 is 0 Å². The first-order valence-electron chi connectivity index (χ1n) is 35.9. The molecule has 6 aliphatic rings. The monoisotopic (exact) mass is 1520 g/mol. The Bertz CT molecular complexity index is 4190. The number of aliphatic hydroxyl groups is 1. The highest BCUT2D eigenvalue weighted by atomic mass is 35.7. The fourth-order valence-corrected chi connectivity index (χ4v) is 13.0. The largest absolute Gasteiger partial charge is 0.494 e. The summed E-state index contributed by atoms with van der Waals surface area (Å²) in [7, 11) is 7.41. The standard InChI is InChI=1S/C28H31N3O5.C14H20N2O2.C12H16O3S.C8H11NO2.C7H7ClO2S.C6H9N.C5H10O.CH4/c1-35-21-9-6-10-22(36-2)25(21)31-23(14-13-18-11-12-18)29-26(32)24(28(31)34)27(33)30-16-15-20(17-30)19-7-4-3-5-8-19;1-17-11-4-3-5-12(18-2)14(11)16-13(15)9-8-10-6-7-10;1-10-2-6-12(7-3-10)16(13,14)15-9-8-11-4-5-11;1-10-6-4-3-5-7(11-2)8(6)9;1-6-2-4-7(5-3-6)11(8,9)10;7-5-1-2-6-3-4-6;6-4-3-5-1-2-5;/h3-10,18,20,32H,11-17H2,1-2H3;3-5,10H,6-9H2,1-2H3,(H2,15,16);2-3,6-7,11H,4-5,8-9H2,1H3;3-5H,9H2,1-2H3;2-5H,1H3;6H,1-4H2;5-6H,1-4H2;1H4/t20-;;;;;;;/m1......./s1. The number of methoxy groups -OCH3 is 6. The molecule has 6 fully saturated rings. The SMILES string of the molecule is C.COc1cccc(OC)c1-n1c(CCC2CC2)nc(O)c(C(=O)N2CC[C@@H](c3ccccc3)C2)c1=O.COc1cccc(OC)c1N.COc1cccc(OC)c1N=C(N)CCC1CC1.Cc1ccc(S(=O)(=O)Cl)cc1.Cc1ccc(S(=O)(=O)OCCC2CC2)cc1.N#CCCC1CC1.OCCC1CC1. The quantitative estimate of drug-likeness (QED) is 0.0129. The third-order valence-corrected chi connectivity index (χ3v) is 21.2. The van der Waals surface area contributed by atoms with Crippen molar-refractivity contribution in [3.63, 3.8) is 0 Å². The Morgan fingerprint density at radius 1 is 0.613 bits per heavy atom. The van der Waals surface area contributed by atoms with Crippen molar-refractivity contribution in [2.45, 2.75) is 159 Å². The van der Waals surface area contributed by atoms with E-state index < -0.39 is 36.5 Å². The number of hydrogen-bond donors (Lipinski definition) is 4. The minimum atomic E-state index is -3.55. The van der Waals surface area contributed by atoms with Gasteiger partial charge in [-0.1, -0.05) is 156 Å². The molecule has 0 spiro atoms. The number of amides is 1. The summed E-state index contributed by atoms with van der Waals surface area (Å²) in [5.74, 6) is 7.63. The number of carbonyl (C=O) groups is 1. The lowest BCUT2D eigenvalue weighted by Gasteiger charge is -2.21. The lowest BCUT2D eigenvalue weighted by atomic mass is 9.99. The van der Waals surface area contributed by atoms with Crippen LogP contribution in [0.15, 0.2) is 153 Å². The molecule has 1 aliphatic heterocycles. The Balaban J connectivity index is 0.000000212.